The molecule has 17 heavy (non-hydrogen) atoms. The van der Waals surface area contributed by atoms with E-state index in [-0.39, 0.29) is 15.5 Å². The summed E-state index contributed by atoms with van der Waals surface area (Å²) in [7, 11) is -3.45. The molecule has 0 N–H and O–H groups in total. The van der Waals surface area contributed by atoms with Gasteiger partial charge in [0.25, 0.3) is 0 Å². The summed E-state index contributed by atoms with van der Waals surface area (Å²) in [6.07, 6.45) is 1.30. The van der Waals surface area contributed by atoms with Gasteiger partial charge in [-0.05, 0) is 34.5 Å². The summed E-state index contributed by atoms with van der Waals surface area (Å²) in [6.45, 7) is 1.89. The highest BCUT2D eigenvalue weighted by molar-refractivity contribution is 9.21. The van der Waals surface area contributed by atoms with E-state index < -0.39 is 9.84 Å². The minimum atomic E-state index is -3.45. The van der Waals surface area contributed by atoms with Crippen molar-refractivity contribution in [3.63, 3.8) is 0 Å². The maximum atomic E-state index is 11.7. The zero-order chi connectivity index (χ0) is 12.5. The third kappa shape index (κ3) is 2.42. The second-order valence-electron chi connectivity index (χ2n) is 3.54. The summed E-state index contributed by atoms with van der Waals surface area (Å²) < 4.78 is 28.7. The van der Waals surface area contributed by atoms with Crippen LogP contribution >= 0.6 is 15.9 Å². The average molecular weight is 316 g/mol. The molecule has 0 radical (unpaired) electrons. The Morgan fingerprint density at radius 3 is 2.65 bits per heavy atom. The first kappa shape index (κ1) is 12.3. The summed E-state index contributed by atoms with van der Waals surface area (Å²) in [5.41, 5.74) is 0.962. The lowest BCUT2D eigenvalue weighted by Gasteiger charge is -2.08. The lowest BCUT2D eigenvalue weighted by Crippen LogP contribution is -2.13. The lowest BCUT2D eigenvalue weighted by molar-refractivity contribution is 0.355. The van der Waals surface area contributed by atoms with Gasteiger partial charge in [0.15, 0.2) is 0 Å². The van der Waals surface area contributed by atoms with Crippen molar-refractivity contribution in [1.29, 1.82) is 0 Å². The molecular weight excluding hydrogens is 306 g/mol. The molecule has 0 fully saturated rings. The Morgan fingerprint density at radius 2 is 2.06 bits per heavy atom. The largest absolute Gasteiger partial charge is 0.488 e. The predicted octanol–water partition coefficient (Wildman–Crippen LogP) is 2.39. The van der Waals surface area contributed by atoms with Gasteiger partial charge in [-0.25, -0.2) is 13.4 Å². The number of halogens is 1. The standard InChI is InChI=1S/C11H10BrNO3S/c1-8-4-2-3-5-10(8)16-7-9-6-13-11(12)17(9,14)15/h2-6H,7H2,1H3. The molecule has 1 aliphatic rings. The van der Waals surface area contributed by atoms with Crippen LogP contribution in [0.15, 0.2) is 40.4 Å². The molecule has 1 heterocycles. The number of hydrogen-bond acceptors (Lipinski definition) is 4. The van der Waals surface area contributed by atoms with Crippen LogP contribution in [0, 0.1) is 6.92 Å². The van der Waals surface area contributed by atoms with Gasteiger partial charge in [-0.3, -0.25) is 0 Å². The van der Waals surface area contributed by atoms with Crippen LogP contribution in [-0.2, 0) is 9.84 Å². The second-order valence-corrected chi connectivity index (χ2v) is 6.73. The molecule has 90 valence electrons. The molecule has 0 aliphatic carbocycles. The van der Waals surface area contributed by atoms with Crippen molar-refractivity contribution in [2.75, 3.05) is 6.61 Å². The topological polar surface area (TPSA) is 55.7 Å². The number of ether oxygens (including phenoxy) is 1. The Morgan fingerprint density at radius 1 is 1.35 bits per heavy atom. The van der Waals surface area contributed by atoms with Crippen molar-refractivity contribution in [2.24, 2.45) is 4.99 Å². The van der Waals surface area contributed by atoms with E-state index in [9.17, 15) is 8.42 Å². The van der Waals surface area contributed by atoms with Crippen molar-refractivity contribution in [2.45, 2.75) is 6.92 Å². The van der Waals surface area contributed by atoms with Crippen molar-refractivity contribution in [3.8, 4) is 5.75 Å². The lowest BCUT2D eigenvalue weighted by atomic mass is 10.2. The quantitative estimate of drug-likeness (QED) is 0.860. The van der Waals surface area contributed by atoms with E-state index in [1.165, 1.54) is 6.20 Å². The fourth-order valence-corrected chi connectivity index (χ4v) is 2.89. The fourth-order valence-electron chi connectivity index (χ4n) is 1.35. The van der Waals surface area contributed by atoms with Gasteiger partial charge in [0.1, 0.15) is 17.3 Å². The predicted molar refractivity (Wildman–Crippen MR) is 70.0 cm³/mol. The number of nitrogens with zero attached hydrogens (tertiary/aromatic N) is 1. The molecule has 0 bridgehead atoms. The van der Waals surface area contributed by atoms with Gasteiger partial charge in [-0.15, -0.1) is 0 Å². The van der Waals surface area contributed by atoms with E-state index in [2.05, 4.69) is 20.9 Å². The highest BCUT2D eigenvalue weighted by atomic mass is 79.9. The van der Waals surface area contributed by atoms with Gasteiger partial charge in [0.05, 0.1) is 0 Å². The fraction of sp³-hybridized carbons (Fsp3) is 0.182. The van der Waals surface area contributed by atoms with Crippen molar-refractivity contribution in [1.82, 2.24) is 0 Å². The first-order chi connectivity index (χ1) is 8.01. The van der Waals surface area contributed by atoms with Crippen molar-refractivity contribution in [3.05, 3.63) is 40.9 Å². The number of benzene rings is 1. The highest BCUT2D eigenvalue weighted by Crippen LogP contribution is 2.23. The molecule has 0 unspecified atom stereocenters. The highest BCUT2D eigenvalue weighted by Gasteiger charge is 2.28. The van der Waals surface area contributed by atoms with Crippen LogP contribution in [0.4, 0.5) is 0 Å². The third-order valence-corrected chi connectivity index (χ3v) is 5.29. The minimum Gasteiger partial charge on any atom is -0.488 e. The van der Waals surface area contributed by atoms with E-state index in [1.54, 1.807) is 6.07 Å². The Hall–Kier alpha value is -1.14. The zero-order valence-electron chi connectivity index (χ0n) is 9.05. The number of rotatable bonds is 3. The number of aliphatic imine (C=N–C) groups is 1. The van der Waals surface area contributed by atoms with Crippen LogP contribution in [0.3, 0.4) is 0 Å². The molecule has 0 saturated heterocycles. The Balaban J connectivity index is 2.10. The number of hydrogen-bond donors (Lipinski definition) is 0. The van der Waals surface area contributed by atoms with Crippen LogP contribution < -0.4 is 4.74 Å². The molecule has 2 rings (SSSR count). The minimum absolute atomic E-state index is 0.00815. The Bertz CT molecular complexity index is 605. The van der Waals surface area contributed by atoms with Gasteiger partial charge in [0.2, 0.25) is 13.8 Å². The summed E-state index contributed by atoms with van der Waals surface area (Å²) in [6, 6.07) is 7.44. The molecule has 0 spiro atoms. The Kier molecular flexibility index (Phi) is 3.35. The van der Waals surface area contributed by atoms with Gasteiger partial charge in [-0.2, -0.15) is 0 Å². The molecule has 0 saturated carbocycles. The molecule has 0 atom stereocenters. The first-order valence-corrected chi connectivity index (χ1v) is 7.15. The van der Waals surface area contributed by atoms with E-state index in [0.29, 0.717) is 5.75 Å². The van der Waals surface area contributed by atoms with E-state index in [4.69, 9.17) is 4.74 Å². The van der Waals surface area contributed by atoms with Crippen molar-refractivity contribution < 1.29 is 13.2 Å². The number of sulfone groups is 1. The molecular formula is C11H10BrNO3S. The maximum absolute atomic E-state index is 11.7. The van der Waals surface area contributed by atoms with Crippen LogP contribution in [0.2, 0.25) is 0 Å². The number of aryl methyl sites for hydroxylation is 1. The summed E-state index contributed by atoms with van der Waals surface area (Å²) in [5, 5.41) is 0. The van der Waals surface area contributed by atoms with Gasteiger partial charge >= 0.3 is 0 Å². The summed E-state index contributed by atoms with van der Waals surface area (Å²) >= 11 is 2.90. The van der Waals surface area contributed by atoms with Crippen LogP contribution in [0.1, 0.15) is 5.56 Å². The zero-order valence-corrected chi connectivity index (χ0v) is 11.5. The first-order valence-electron chi connectivity index (χ1n) is 4.87. The average Bonchev–Trinajstić information content (AvgIpc) is 2.54. The smallest absolute Gasteiger partial charge is 0.231 e. The number of para-hydroxylation sites is 1. The molecule has 1 aromatic carbocycles. The summed E-state index contributed by atoms with van der Waals surface area (Å²) in [4.78, 5) is 3.87. The van der Waals surface area contributed by atoms with E-state index in [0.717, 1.165) is 5.56 Å². The second kappa shape index (κ2) is 4.62. The molecule has 1 aromatic rings. The SMILES string of the molecule is Cc1ccccc1OCC1=CN=C(Br)S1(=O)=O. The summed E-state index contributed by atoms with van der Waals surface area (Å²) in [5.74, 6) is 0.673. The van der Waals surface area contributed by atoms with Crippen LogP contribution in [-0.4, -0.2) is 19.0 Å². The molecule has 0 amide bonds. The van der Waals surface area contributed by atoms with Gasteiger partial charge in [-0.1, -0.05) is 18.2 Å². The Labute approximate surface area is 108 Å². The van der Waals surface area contributed by atoms with Crippen molar-refractivity contribution >= 4 is 29.7 Å². The van der Waals surface area contributed by atoms with Crippen LogP contribution in [0.25, 0.3) is 0 Å². The molecule has 4 nitrogen and oxygen atoms in total. The molecule has 0 aromatic heterocycles. The molecule has 1 aliphatic heterocycles. The van der Waals surface area contributed by atoms with Gasteiger partial charge in [0, 0.05) is 6.20 Å². The maximum Gasteiger partial charge on any atom is 0.231 e. The normalized spacial score (nSPS) is 17.5. The van der Waals surface area contributed by atoms with Gasteiger partial charge < -0.3 is 4.74 Å². The molecule has 6 heteroatoms. The van der Waals surface area contributed by atoms with E-state index >= 15 is 0 Å². The monoisotopic (exact) mass is 315 g/mol. The van der Waals surface area contributed by atoms with Crippen LogP contribution in [0.5, 0.6) is 5.75 Å². The third-order valence-electron chi connectivity index (χ3n) is 2.34. The van der Waals surface area contributed by atoms with E-state index in [1.807, 2.05) is 25.1 Å².